The van der Waals surface area contributed by atoms with Crippen molar-refractivity contribution in [3.05, 3.63) is 47.5 Å². The van der Waals surface area contributed by atoms with E-state index in [2.05, 4.69) is 10.3 Å². The van der Waals surface area contributed by atoms with E-state index in [1.165, 1.54) is 0 Å². The van der Waals surface area contributed by atoms with Crippen LogP contribution in [0.3, 0.4) is 0 Å². The van der Waals surface area contributed by atoms with Gasteiger partial charge in [0.2, 0.25) is 0 Å². The van der Waals surface area contributed by atoms with Crippen molar-refractivity contribution in [2.75, 3.05) is 26.6 Å². The molecule has 0 saturated carbocycles. The van der Waals surface area contributed by atoms with Crippen molar-refractivity contribution in [3.8, 4) is 17.2 Å². The zero-order valence-electron chi connectivity index (χ0n) is 14.4. The number of hydrogen-bond acceptors (Lipinski definition) is 4. The van der Waals surface area contributed by atoms with E-state index < -0.39 is 0 Å². The lowest BCUT2D eigenvalue weighted by Crippen LogP contribution is -2.22. The molecular formula is C18H23N3O3. The lowest BCUT2D eigenvalue weighted by Gasteiger charge is -2.11. The summed E-state index contributed by atoms with van der Waals surface area (Å²) in [6, 6.07) is 11.4. The number of methoxy groups -OCH3 is 3. The van der Waals surface area contributed by atoms with E-state index in [0.717, 1.165) is 22.6 Å². The van der Waals surface area contributed by atoms with E-state index in [-0.39, 0.29) is 0 Å². The van der Waals surface area contributed by atoms with Crippen LogP contribution in [0.15, 0.2) is 41.4 Å². The maximum absolute atomic E-state index is 5.96. The SMILES string of the molecule is COc1cc(C)ccc1CN=C(N)Nc1ccc(OC)c(OC)c1. The molecule has 2 aromatic carbocycles. The standard InChI is InChI=1S/C18H23N3O3/c1-12-5-6-13(16(9-12)23-3)11-20-18(19)21-14-7-8-15(22-2)17(10-14)24-4/h5-10H,11H2,1-4H3,(H3,19,20,21). The Morgan fingerprint density at radius 1 is 0.958 bits per heavy atom. The minimum atomic E-state index is 0.310. The van der Waals surface area contributed by atoms with Crippen LogP contribution < -0.4 is 25.3 Å². The first-order chi connectivity index (χ1) is 11.6. The predicted octanol–water partition coefficient (Wildman–Crippen LogP) is 2.95. The number of aryl methyl sites for hydroxylation is 1. The van der Waals surface area contributed by atoms with Gasteiger partial charge in [0.25, 0.3) is 0 Å². The highest BCUT2D eigenvalue weighted by Crippen LogP contribution is 2.29. The van der Waals surface area contributed by atoms with Gasteiger partial charge in [-0.1, -0.05) is 12.1 Å². The summed E-state index contributed by atoms with van der Waals surface area (Å²) in [5.41, 5.74) is 8.84. The van der Waals surface area contributed by atoms with Crippen LogP contribution in [0.25, 0.3) is 0 Å². The van der Waals surface area contributed by atoms with Crippen molar-refractivity contribution >= 4 is 11.6 Å². The molecule has 0 radical (unpaired) electrons. The maximum atomic E-state index is 5.96. The number of guanidine groups is 1. The van der Waals surface area contributed by atoms with E-state index in [1.54, 1.807) is 33.5 Å². The Labute approximate surface area is 142 Å². The molecule has 2 aromatic rings. The van der Waals surface area contributed by atoms with Crippen LogP contribution >= 0.6 is 0 Å². The quantitative estimate of drug-likeness (QED) is 0.629. The Hall–Kier alpha value is -2.89. The van der Waals surface area contributed by atoms with E-state index >= 15 is 0 Å². The molecule has 3 N–H and O–H groups in total. The summed E-state index contributed by atoms with van der Waals surface area (Å²) < 4.78 is 15.8. The van der Waals surface area contributed by atoms with Crippen LogP contribution in [0, 0.1) is 6.92 Å². The second-order valence-corrected chi connectivity index (χ2v) is 5.21. The largest absolute Gasteiger partial charge is 0.496 e. The van der Waals surface area contributed by atoms with Gasteiger partial charge in [-0.05, 0) is 30.7 Å². The number of hydrogen-bond donors (Lipinski definition) is 2. The molecule has 128 valence electrons. The van der Waals surface area contributed by atoms with E-state index in [0.29, 0.717) is 24.0 Å². The first-order valence-corrected chi connectivity index (χ1v) is 7.50. The zero-order valence-corrected chi connectivity index (χ0v) is 14.4. The molecule has 0 saturated heterocycles. The number of nitrogens with one attached hydrogen (secondary N) is 1. The Kier molecular flexibility index (Phi) is 5.89. The Morgan fingerprint density at radius 2 is 1.67 bits per heavy atom. The molecule has 0 aliphatic carbocycles. The highest BCUT2D eigenvalue weighted by atomic mass is 16.5. The molecule has 6 nitrogen and oxygen atoms in total. The molecule has 2 rings (SSSR count). The molecule has 0 atom stereocenters. The molecule has 0 spiro atoms. The fourth-order valence-electron chi connectivity index (χ4n) is 2.25. The van der Waals surface area contributed by atoms with Crippen molar-refractivity contribution in [2.24, 2.45) is 10.7 Å². The minimum Gasteiger partial charge on any atom is -0.496 e. The van der Waals surface area contributed by atoms with Gasteiger partial charge in [0.1, 0.15) is 5.75 Å². The molecule has 24 heavy (non-hydrogen) atoms. The molecular weight excluding hydrogens is 306 g/mol. The molecule has 0 aromatic heterocycles. The Bertz CT molecular complexity index is 729. The second-order valence-electron chi connectivity index (χ2n) is 5.21. The van der Waals surface area contributed by atoms with E-state index in [1.807, 2.05) is 31.2 Å². The lowest BCUT2D eigenvalue weighted by atomic mass is 10.1. The van der Waals surface area contributed by atoms with Crippen LogP contribution in [0.1, 0.15) is 11.1 Å². The van der Waals surface area contributed by atoms with Gasteiger partial charge in [0, 0.05) is 17.3 Å². The Balaban J connectivity index is 2.09. The summed E-state index contributed by atoms with van der Waals surface area (Å²) in [6.45, 7) is 2.44. The van der Waals surface area contributed by atoms with Crippen molar-refractivity contribution in [1.82, 2.24) is 0 Å². The third-order valence-electron chi connectivity index (χ3n) is 3.52. The predicted molar refractivity (Wildman–Crippen MR) is 96.2 cm³/mol. The second kappa shape index (κ2) is 8.10. The number of benzene rings is 2. The highest BCUT2D eigenvalue weighted by molar-refractivity contribution is 5.92. The number of rotatable bonds is 6. The summed E-state index contributed by atoms with van der Waals surface area (Å²) in [6.07, 6.45) is 0. The van der Waals surface area contributed by atoms with Crippen molar-refractivity contribution in [3.63, 3.8) is 0 Å². The molecule has 0 bridgehead atoms. The summed E-state index contributed by atoms with van der Waals surface area (Å²) in [5, 5.41) is 3.04. The first kappa shape index (κ1) is 17.5. The number of aliphatic imine (C=N–C) groups is 1. The van der Waals surface area contributed by atoms with Crippen LogP contribution in [0.2, 0.25) is 0 Å². The van der Waals surface area contributed by atoms with Crippen LogP contribution in [0.5, 0.6) is 17.2 Å². The van der Waals surface area contributed by atoms with E-state index in [9.17, 15) is 0 Å². The molecule has 6 heteroatoms. The van der Waals surface area contributed by atoms with E-state index in [4.69, 9.17) is 19.9 Å². The normalized spacial score (nSPS) is 11.1. The van der Waals surface area contributed by atoms with Crippen LogP contribution in [-0.4, -0.2) is 27.3 Å². The third-order valence-corrected chi connectivity index (χ3v) is 3.52. The first-order valence-electron chi connectivity index (χ1n) is 7.50. The topological polar surface area (TPSA) is 78.1 Å². The zero-order chi connectivity index (χ0) is 17.5. The summed E-state index contributed by atoms with van der Waals surface area (Å²) >= 11 is 0. The van der Waals surface area contributed by atoms with Crippen LogP contribution in [-0.2, 0) is 6.54 Å². The van der Waals surface area contributed by atoms with Gasteiger partial charge in [-0.3, -0.25) is 0 Å². The fraction of sp³-hybridized carbons (Fsp3) is 0.278. The minimum absolute atomic E-state index is 0.310. The number of nitrogens with two attached hydrogens (primary N) is 1. The van der Waals surface area contributed by atoms with Crippen molar-refractivity contribution < 1.29 is 14.2 Å². The number of anilines is 1. The number of ether oxygens (including phenoxy) is 3. The van der Waals surface area contributed by atoms with Gasteiger partial charge in [-0.15, -0.1) is 0 Å². The molecule has 0 aliphatic rings. The monoisotopic (exact) mass is 329 g/mol. The third kappa shape index (κ3) is 4.32. The molecule has 0 fully saturated rings. The molecule has 0 amide bonds. The number of nitrogens with zero attached hydrogens (tertiary/aromatic N) is 1. The lowest BCUT2D eigenvalue weighted by molar-refractivity contribution is 0.355. The average molecular weight is 329 g/mol. The molecule has 0 aliphatic heterocycles. The van der Waals surface area contributed by atoms with Crippen LogP contribution in [0.4, 0.5) is 5.69 Å². The van der Waals surface area contributed by atoms with Gasteiger partial charge in [-0.2, -0.15) is 0 Å². The summed E-state index contributed by atoms with van der Waals surface area (Å²) in [7, 11) is 4.83. The fourth-order valence-corrected chi connectivity index (χ4v) is 2.25. The average Bonchev–Trinajstić information content (AvgIpc) is 2.60. The molecule has 0 heterocycles. The van der Waals surface area contributed by atoms with Crippen molar-refractivity contribution in [2.45, 2.75) is 13.5 Å². The van der Waals surface area contributed by atoms with Crippen molar-refractivity contribution in [1.29, 1.82) is 0 Å². The van der Waals surface area contributed by atoms with Gasteiger partial charge in [-0.25, -0.2) is 4.99 Å². The molecule has 0 unspecified atom stereocenters. The van der Waals surface area contributed by atoms with Gasteiger partial charge < -0.3 is 25.3 Å². The smallest absolute Gasteiger partial charge is 0.193 e. The van der Waals surface area contributed by atoms with Gasteiger partial charge >= 0.3 is 0 Å². The van der Waals surface area contributed by atoms with Gasteiger partial charge in [0.15, 0.2) is 17.5 Å². The highest BCUT2D eigenvalue weighted by Gasteiger charge is 2.06. The van der Waals surface area contributed by atoms with Gasteiger partial charge in [0.05, 0.1) is 27.9 Å². The maximum Gasteiger partial charge on any atom is 0.193 e. The Morgan fingerprint density at radius 3 is 2.33 bits per heavy atom. The summed E-state index contributed by atoms with van der Waals surface area (Å²) in [5.74, 6) is 2.39. The summed E-state index contributed by atoms with van der Waals surface area (Å²) in [4.78, 5) is 4.36.